The third-order valence-electron chi connectivity index (χ3n) is 3.03. The fourth-order valence-corrected chi connectivity index (χ4v) is 3.88. The van der Waals surface area contributed by atoms with Crippen LogP contribution in [0.5, 0.6) is 0 Å². The standard InChI is InChI=1S/C14H16N2O5S2/c1-3-21-8(17)5-4-6-22-14-15-11(18)9-7(2)10(13(19)20)23-12(9)16-14/h3-6H2,1-2H3,(H,19,20)(H,15,16,18)/p-1. The van der Waals surface area contributed by atoms with Gasteiger partial charge in [0.2, 0.25) is 0 Å². The summed E-state index contributed by atoms with van der Waals surface area (Å²) < 4.78 is 4.83. The third kappa shape index (κ3) is 4.11. The second-order valence-corrected chi connectivity index (χ2v) is 6.73. The van der Waals surface area contributed by atoms with Crippen LogP contribution in [0.25, 0.3) is 10.2 Å². The molecule has 0 aliphatic heterocycles. The third-order valence-corrected chi connectivity index (χ3v) is 5.16. The molecule has 2 aromatic heterocycles. The van der Waals surface area contributed by atoms with Crippen LogP contribution in [-0.2, 0) is 9.53 Å². The summed E-state index contributed by atoms with van der Waals surface area (Å²) in [5.41, 5.74) is 0.00162. The van der Waals surface area contributed by atoms with Crippen LogP contribution in [0.2, 0.25) is 0 Å². The molecule has 0 amide bonds. The molecule has 2 heterocycles. The van der Waals surface area contributed by atoms with Crippen LogP contribution < -0.4 is 10.7 Å². The van der Waals surface area contributed by atoms with Gasteiger partial charge < -0.3 is 19.6 Å². The van der Waals surface area contributed by atoms with Crippen LogP contribution in [0.4, 0.5) is 0 Å². The normalized spacial score (nSPS) is 10.9. The first-order chi connectivity index (χ1) is 10.9. The van der Waals surface area contributed by atoms with Crippen LogP contribution in [0.15, 0.2) is 9.95 Å². The smallest absolute Gasteiger partial charge is 0.305 e. The highest BCUT2D eigenvalue weighted by Gasteiger charge is 2.15. The number of thiophene rings is 1. The van der Waals surface area contributed by atoms with Crippen molar-refractivity contribution in [1.29, 1.82) is 0 Å². The van der Waals surface area contributed by atoms with Gasteiger partial charge in [0.05, 0.1) is 22.8 Å². The van der Waals surface area contributed by atoms with Gasteiger partial charge in [-0.2, -0.15) is 0 Å². The Hall–Kier alpha value is -1.87. The van der Waals surface area contributed by atoms with Gasteiger partial charge in [0.15, 0.2) is 5.16 Å². The van der Waals surface area contributed by atoms with E-state index < -0.39 is 5.97 Å². The number of carboxylic acids is 1. The van der Waals surface area contributed by atoms with Crippen LogP contribution >= 0.6 is 23.1 Å². The van der Waals surface area contributed by atoms with Crippen LogP contribution in [0, 0.1) is 6.92 Å². The number of carboxylic acid groups (broad SMARTS) is 1. The summed E-state index contributed by atoms with van der Waals surface area (Å²) in [6.45, 7) is 3.67. The van der Waals surface area contributed by atoms with E-state index >= 15 is 0 Å². The molecule has 2 aromatic rings. The molecular weight excluding hydrogens is 340 g/mol. The number of thioether (sulfide) groups is 1. The van der Waals surface area contributed by atoms with Crippen molar-refractivity contribution in [2.24, 2.45) is 0 Å². The monoisotopic (exact) mass is 355 g/mol. The second-order valence-electron chi connectivity index (χ2n) is 4.65. The minimum absolute atomic E-state index is 0.0162. The quantitative estimate of drug-likeness (QED) is 0.342. The number of fused-ring (bicyclic) bond motifs is 1. The van der Waals surface area contributed by atoms with E-state index in [1.807, 2.05) is 0 Å². The van der Waals surface area contributed by atoms with E-state index in [1.54, 1.807) is 13.8 Å². The Labute approximate surface area is 140 Å². The molecule has 0 aliphatic rings. The first kappa shape index (κ1) is 17.5. The molecule has 0 atom stereocenters. The average molecular weight is 355 g/mol. The van der Waals surface area contributed by atoms with Gasteiger partial charge in [-0.15, -0.1) is 11.3 Å². The number of aromatic nitrogens is 2. The number of ether oxygens (including phenoxy) is 1. The summed E-state index contributed by atoms with van der Waals surface area (Å²) in [6, 6.07) is 0. The van der Waals surface area contributed by atoms with Crippen molar-refractivity contribution >= 4 is 45.3 Å². The predicted molar refractivity (Wildman–Crippen MR) is 85.9 cm³/mol. The van der Waals surface area contributed by atoms with Crippen molar-refractivity contribution in [3.63, 3.8) is 0 Å². The van der Waals surface area contributed by atoms with Crippen molar-refractivity contribution in [3.8, 4) is 0 Å². The Balaban J connectivity index is 2.10. The number of hydrogen-bond donors (Lipinski definition) is 1. The highest BCUT2D eigenvalue weighted by molar-refractivity contribution is 7.99. The first-order valence-electron chi connectivity index (χ1n) is 6.97. The van der Waals surface area contributed by atoms with Crippen LogP contribution in [0.3, 0.4) is 0 Å². The molecule has 7 nitrogen and oxygen atoms in total. The number of carbonyl (C=O) groups excluding carboxylic acids is 2. The Kier molecular flexibility index (Phi) is 5.78. The Morgan fingerprint density at radius 2 is 2.17 bits per heavy atom. The second kappa shape index (κ2) is 7.60. The SMILES string of the molecule is CCOC(=O)CCCSc1nc2sc(C(=O)[O-])c(C)c2c(=O)[nH]1. The largest absolute Gasteiger partial charge is 0.544 e. The lowest BCUT2D eigenvalue weighted by molar-refractivity contribution is -0.254. The molecule has 0 radical (unpaired) electrons. The maximum absolute atomic E-state index is 12.1. The topological polar surface area (TPSA) is 112 Å². The molecule has 2 rings (SSSR count). The van der Waals surface area contributed by atoms with Crippen molar-refractivity contribution in [3.05, 3.63) is 20.8 Å². The van der Waals surface area contributed by atoms with E-state index in [2.05, 4.69) is 9.97 Å². The zero-order chi connectivity index (χ0) is 17.0. The van der Waals surface area contributed by atoms with E-state index in [-0.39, 0.29) is 21.8 Å². The summed E-state index contributed by atoms with van der Waals surface area (Å²) in [5.74, 6) is -0.976. The van der Waals surface area contributed by atoms with Gasteiger partial charge in [-0.3, -0.25) is 9.59 Å². The number of esters is 1. The van der Waals surface area contributed by atoms with Crippen LogP contribution in [-0.4, -0.2) is 34.3 Å². The number of nitrogens with one attached hydrogen (secondary N) is 1. The number of aromatic amines is 1. The van der Waals surface area contributed by atoms with Crippen molar-refractivity contribution in [2.45, 2.75) is 31.8 Å². The van der Waals surface area contributed by atoms with Crippen molar-refractivity contribution in [2.75, 3.05) is 12.4 Å². The molecule has 0 bridgehead atoms. The van der Waals surface area contributed by atoms with Crippen molar-refractivity contribution in [1.82, 2.24) is 9.97 Å². The molecule has 0 saturated heterocycles. The zero-order valence-electron chi connectivity index (χ0n) is 12.6. The lowest BCUT2D eigenvalue weighted by Gasteiger charge is -2.02. The summed E-state index contributed by atoms with van der Waals surface area (Å²) in [5, 5.41) is 11.7. The Bertz CT molecular complexity index is 796. The molecule has 0 unspecified atom stereocenters. The summed E-state index contributed by atoms with van der Waals surface area (Å²) >= 11 is 2.23. The number of rotatable bonds is 7. The molecule has 124 valence electrons. The molecular formula is C14H15N2O5S2-. The summed E-state index contributed by atoms with van der Waals surface area (Å²) in [7, 11) is 0. The van der Waals surface area contributed by atoms with E-state index in [9.17, 15) is 19.5 Å². The minimum Gasteiger partial charge on any atom is -0.544 e. The molecule has 0 aromatic carbocycles. The van der Waals surface area contributed by atoms with Gasteiger partial charge in [-0.1, -0.05) is 11.8 Å². The number of aromatic carboxylic acids is 1. The lowest BCUT2D eigenvalue weighted by Crippen LogP contribution is -2.21. The highest BCUT2D eigenvalue weighted by Crippen LogP contribution is 2.27. The molecule has 1 N–H and O–H groups in total. The maximum atomic E-state index is 12.1. The van der Waals surface area contributed by atoms with Crippen LogP contribution in [0.1, 0.15) is 35.0 Å². The minimum atomic E-state index is -1.31. The van der Waals surface area contributed by atoms with E-state index in [0.29, 0.717) is 40.8 Å². The average Bonchev–Trinajstić information content (AvgIpc) is 2.81. The number of carbonyl (C=O) groups is 2. The first-order valence-corrected chi connectivity index (χ1v) is 8.77. The van der Waals surface area contributed by atoms with Gasteiger partial charge in [0, 0.05) is 12.2 Å². The van der Waals surface area contributed by atoms with Gasteiger partial charge in [0.1, 0.15) is 4.83 Å². The number of aryl methyl sites for hydroxylation is 1. The fourth-order valence-electron chi connectivity index (χ4n) is 2.01. The summed E-state index contributed by atoms with van der Waals surface area (Å²) in [6.07, 6.45) is 0.902. The number of nitrogens with zero attached hydrogens (tertiary/aromatic N) is 1. The molecule has 9 heteroatoms. The van der Waals surface area contributed by atoms with Gasteiger partial charge in [-0.25, -0.2) is 4.98 Å². The molecule has 23 heavy (non-hydrogen) atoms. The number of H-pyrrole nitrogens is 1. The van der Waals surface area contributed by atoms with E-state index in [4.69, 9.17) is 4.74 Å². The predicted octanol–water partition coefficient (Wildman–Crippen LogP) is 1.09. The summed E-state index contributed by atoms with van der Waals surface area (Å²) in [4.78, 5) is 41.6. The highest BCUT2D eigenvalue weighted by atomic mass is 32.2. The zero-order valence-corrected chi connectivity index (χ0v) is 14.3. The molecule has 0 fully saturated rings. The van der Waals surface area contributed by atoms with E-state index in [0.717, 1.165) is 11.3 Å². The Morgan fingerprint density at radius 1 is 1.43 bits per heavy atom. The van der Waals surface area contributed by atoms with Gasteiger partial charge >= 0.3 is 5.97 Å². The molecule has 0 aliphatic carbocycles. The van der Waals surface area contributed by atoms with Crippen molar-refractivity contribution < 1.29 is 19.4 Å². The fraction of sp³-hybridized carbons (Fsp3) is 0.429. The number of hydrogen-bond acceptors (Lipinski definition) is 8. The lowest BCUT2D eigenvalue weighted by atomic mass is 10.2. The van der Waals surface area contributed by atoms with Gasteiger partial charge in [-0.05, 0) is 25.8 Å². The Morgan fingerprint density at radius 3 is 2.83 bits per heavy atom. The molecule has 0 spiro atoms. The van der Waals surface area contributed by atoms with E-state index in [1.165, 1.54) is 11.8 Å². The molecule has 0 saturated carbocycles. The van der Waals surface area contributed by atoms with Gasteiger partial charge in [0.25, 0.3) is 5.56 Å². The maximum Gasteiger partial charge on any atom is 0.305 e.